The molecule has 0 amide bonds. The Morgan fingerprint density at radius 1 is 1.29 bits per heavy atom. The van der Waals surface area contributed by atoms with Crippen molar-refractivity contribution in [2.75, 3.05) is 0 Å². The molecule has 0 unspecified atom stereocenters. The zero-order chi connectivity index (χ0) is 10.1. The Labute approximate surface area is 78.4 Å². The van der Waals surface area contributed by atoms with Crippen molar-refractivity contribution in [2.24, 2.45) is 0 Å². The number of carbonyl (C=O) groups is 1. The molecular formula is C9H8N2O3. The second-order valence-electron chi connectivity index (χ2n) is 3.03. The third-order valence-electron chi connectivity index (χ3n) is 1.94. The Bertz CT molecular complexity index is 538. The summed E-state index contributed by atoms with van der Waals surface area (Å²) >= 11 is 0. The summed E-state index contributed by atoms with van der Waals surface area (Å²) in [6, 6.07) is 5.02. The van der Waals surface area contributed by atoms with E-state index in [4.69, 9.17) is 5.11 Å². The van der Waals surface area contributed by atoms with Crippen molar-refractivity contribution >= 4 is 17.0 Å². The molecule has 0 saturated heterocycles. The van der Waals surface area contributed by atoms with Crippen molar-refractivity contribution in [3.8, 4) is 0 Å². The van der Waals surface area contributed by atoms with Gasteiger partial charge in [0.15, 0.2) is 0 Å². The molecule has 3 N–H and O–H groups in total. The van der Waals surface area contributed by atoms with Gasteiger partial charge in [0.2, 0.25) is 0 Å². The number of fused-ring (bicyclic) bond motifs is 1. The molecule has 0 aliphatic rings. The van der Waals surface area contributed by atoms with Crippen LogP contribution in [0.4, 0.5) is 0 Å². The Balaban J connectivity index is 2.50. The summed E-state index contributed by atoms with van der Waals surface area (Å²) in [6.07, 6.45) is -0.0385. The molecular weight excluding hydrogens is 184 g/mol. The number of nitrogens with one attached hydrogen (secondary N) is 2. The lowest BCUT2D eigenvalue weighted by Crippen LogP contribution is -1.99. The molecule has 2 aromatic rings. The van der Waals surface area contributed by atoms with E-state index in [1.807, 2.05) is 0 Å². The van der Waals surface area contributed by atoms with Gasteiger partial charge in [0.05, 0.1) is 17.5 Å². The van der Waals surface area contributed by atoms with Crippen molar-refractivity contribution in [1.82, 2.24) is 9.97 Å². The fourth-order valence-electron chi connectivity index (χ4n) is 1.36. The first-order valence-electron chi connectivity index (χ1n) is 4.08. The highest BCUT2D eigenvalue weighted by Crippen LogP contribution is 2.10. The Morgan fingerprint density at radius 3 is 2.71 bits per heavy atom. The fourth-order valence-corrected chi connectivity index (χ4v) is 1.36. The molecule has 0 aliphatic heterocycles. The van der Waals surface area contributed by atoms with Crippen LogP contribution in [0.3, 0.4) is 0 Å². The summed E-state index contributed by atoms with van der Waals surface area (Å²) in [4.78, 5) is 26.5. The van der Waals surface area contributed by atoms with Crippen molar-refractivity contribution in [3.05, 3.63) is 34.2 Å². The fraction of sp³-hybridized carbons (Fsp3) is 0.111. The molecule has 5 nitrogen and oxygen atoms in total. The summed E-state index contributed by atoms with van der Waals surface area (Å²) in [5.41, 5.74) is 1.70. The van der Waals surface area contributed by atoms with Crippen LogP contribution in [0.15, 0.2) is 23.0 Å². The molecule has 0 saturated carbocycles. The van der Waals surface area contributed by atoms with Gasteiger partial charge >= 0.3 is 11.7 Å². The average Bonchev–Trinajstić information content (AvgIpc) is 2.42. The van der Waals surface area contributed by atoms with E-state index in [0.29, 0.717) is 16.6 Å². The number of hydrogen-bond donors (Lipinski definition) is 3. The second kappa shape index (κ2) is 3.02. The maximum Gasteiger partial charge on any atom is 0.323 e. The van der Waals surface area contributed by atoms with Crippen LogP contribution in [0.5, 0.6) is 0 Å². The molecule has 1 aromatic carbocycles. The van der Waals surface area contributed by atoms with E-state index in [1.54, 1.807) is 18.2 Å². The van der Waals surface area contributed by atoms with Crippen LogP contribution < -0.4 is 5.69 Å². The first kappa shape index (κ1) is 8.55. The van der Waals surface area contributed by atoms with Crippen LogP contribution in [-0.2, 0) is 11.2 Å². The Kier molecular flexibility index (Phi) is 1.85. The number of aromatic amines is 2. The van der Waals surface area contributed by atoms with E-state index in [0.717, 1.165) is 0 Å². The van der Waals surface area contributed by atoms with Crippen LogP contribution in [0.1, 0.15) is 5.56 Å². The van der Waals surface area contributed by atoms with Crippen molar-refractivity contribution < 1.29 is 9.90 Å². The molecule has 0 aliphatic carbocycles. The number of aliphatic carboxylic acids is 1. The van der Waals surface area contributed by atoms with Crippen molar-refractivity contribution in [2.45, 2.75) is 6.42 Å². The topological polar surface area (TPSA) is 85.9 Å². The molecule has 0 radical (unpaired) electrons. The van der Waals surface area contributed by atoms with Crippen LogP contribution >= 0.6 is 0 Å². The maximum atomic E-state index is 10.9. The van der Waals surface area contributed by atoms with Gasteiger partial charge < -0.3 is 15.1 Å². The molecule has 72 valence electrons. The number of H-pyrrole nitrogens is 2. The van der Waals surface area contributed by atoms with Crippen LogP contribution in [0, 0.1) is 0 Å². The van der Waals surface area contributed by atoms with Crippen LogP contribution in [0.2, 0.25) is 0 Å². The van der Waals surface area contributed by atoms with E-state index < -0.39 is 5.97 Å². The highest BCUT2D eigenvalue weighted by atomic mass is 16.4. The van der Waals surface area contributed by atoms with Gasteiger partial charge in [-0.05, 0) is 17.7 Å². The SMILES string of the molecule is O=C(O)Cc1ccc2[nH]c(=O)[nH]c2c1. The van der Waals surface area contributed by atoms with Crippen LogP contribution in [-0.4, -0.2) is 21.0 Å². The van der Waals surface area contributed by atoms with Crippen molar-refractivity contribution in [3.63, 3.8) is 0 Å². The van der Waals surface area contributed by atoms with E-state index >= 15 is 0 Å². The third kappa shape index (κ3) is 1.52. The van der Waals surface area contributed by atoms with Gasteiger partial charge in [-0.15, -0.1) is 0 Å². The summed E-state index contributed by atoms with van der Waals surface area (Å²) in [7, 11) is 0. The number of carboxylic acids is 1. The smallest absolute Gasteiger partial charge is 0.323 e. The first-order chi connectivity index (χ1) is 6.65. The first-order valence-corrected chi connectivity index (χ1v) is 4.08. The zero-order valence-electron chi connectivity index (χ0n) is 7.20. The minimum absolute atomic E-state index is 0.0385. The standard InChI is InChI=1S/C9H8N2O3/c12-8(13)4-5-1-2-6-7(3-5)11-9(14)10-6/h1-3H,4H2,(H,12,13)(H2,10,11,14). The summed E-state index contributed by atoms with van der Waals surface area (Å²) in [5, 5.41) is 8.56. The highest BCUT2D eigenvalue weighted by molar-refractivity contribution is 5.77. The van der Waals surface area contributed by atoms with E-state index in [2.05, 4.69) is 9.97 Å². The van der Waals surface area contributed by atoms with Gasteiger partial charge in [-0.1, -0.05) is 6.07 Å². The van der Waals surface area contributed by atoms with Gasteiger partial charge in [0.1, 0.15) is 0 Å². The van der Waals surface area contributed by atoms with Crippen LogP contribution in [0.25, 0.3) is 11.0 Å². The molecule has 0 bridgehead atoms. The number of benzene rings is 1. The van der Waals surface area contributed by atoms with Gasteiger partial charge in [-0.25, -0.2) is 4.79 Å². The number of carboxylic acid groups (broad SMARTS) is 1. The van der Waals surface area contributed by atoms with E-state index in [9.17, 15) is 9.59 Å². The Hall–Kier alpha value is -2.04. The quantitative estimate of drug-likeness (QED) is 0.647. The minimum Gasteiger partial charge on any atom is -0.481 e. The normalized spacial score (nSPS) is 10.6. The molecule has 1 heterocycles. The molecule has 0 atom stereocenters. The van der Waals surface area contributed by atoms with Gasteiger partial charge in [-0.3, -0.25) is 4.79 Å². The molecule has 1 aromatic heterocycles. The second-order valence-corrected chi connectivity index (χ2v) is 3.03. The number of rotatable bonds is 2. The number of imidazole rings is 1. The van der Waals surface area contributed by atoms with E-state index in [-0.39, 0.29) is 12.1 Å². The van der Waals surface area contributed by atoms with E-state index in [1.165, 1.54) is 0 Å². The zero-order valence-corrected chi connectivity index (χ0v) is 7.20. The monoisotopic (exact) mass is 192 g/mol. The minimum atomic E-state index is -0.887. The highest BCUT2D eigenvalue weighted by Gasteiger charge is 2.03. The predicted molar refractivity (Wildman–Crippen MR) is 50.3 cm³/mol. The van der Waals surface area contributed by atoms with Crippen molar-refractivity contribution in [1.29, 1.82) is 0 Å². The average molecular weight is 192 g/mol. The summed E-state index contributed by atoms with van der Waals surface area (Å²) < 4.78 is 0. The lowest BCUT2D eigenvalue weighted by atomic mass is 10.1. The molecule has 2 rings (SSSR count). The molecule has 0 spiro atoms. The number of aromatic nitrogens is 2. The Morgan fingerprint density at radius 2 is 2.00 bits per heavy atom. The lowest BCUT2D eigenvalue weighted by molar-refractivity contribution is -0.136. The van der Waals surface area contributed by atoms with Gasteiger partial charge in [-0.2, -0.15) is 0 Å². The predicted octanol–water partition coefficient (Wildman–Crippen LogP) is 0.483. The maximum absolute atomic E-state index is 10.9. The third-order valence-corrected chi connectivity index (χ3v) is 1.94. The summed E-state index contributed by atoms with van der Waals surface area (Å²) in [6.45, 7) is 0. The van der Waals surface area contributed by atoms with Gasteiger partial charge in [0, 0.05) is 0 Å². The number of hydrogen-bond acceptors (Lipinski definition) is 2. The lowest BCUT2D eigenvalue weighted by Gasteiger charge is -1.95. The van der Waals surface area contributed by atoms with Gasteiger partial charge in [0.25, 0.3) is 0 Å². The molecule has 5 heteroatoms. The molecule has 14 heavy (non-hydrogen) atoms. The summed E-state index contributed by atoms with van der Waals surface area (Å²) in [5.74, 6) is -0.887. The largest absolute Gasteiger partial charge is 0.481 e. The molecule has 0 fully saturated rings.